The second-order valence-electron chi connectivity index (χ2n) is 13.5. The van der Waals surface area contributed by atoms with E-state index in [-0.39, 0.29) is 0 Å². The summed E-state index contributed by atoms with van der Waals surface area (Å²) in [6, 6.07) is 67.5. The van der Waals surface area contributed by atoms with E-state index in [1.165, 1.54) is 33.0 Å². The summed E-state index contributed by atoms with van der Waals surface area (Å²) in [5.74, 6) is 1.80. The second-order valence-corrected chi connectivity index (χ2v) is 13.5. The van der Waals surface area contributed by atoms with Crippen molar-refractivity contribution >= 4 is 21.8 Å². The van der Waals surface area contributed by atoms with Gasteiger partial charge in [-0.05, 0) is 70.8 Å². The van der Waals surface area contributed by atoms with E-state index in [9.17, 15) is 0 Å². The lowest BCUT2D eigenvalue weighted by atomic mass is 10.0. The molecule has 0 bridgehead atoms. The Kier molecular flexibility index (Phi) is 8.08. The molecule has 7 aromatic carbocycles. The molecule has 10 rings (SSSR count). The van der Waals surface area contributed by atoms with Gasteiger partial charge in [-0.1, -0.05) is 146 Å². The van der Waals surface area contributed by atoms with Crippen molar-refractivity contribution in [1.29, 1.82) is 0 Å². The molecule has 3 heterocycles. The van der Waals surface area contributed by atoms with E-state index < -0.39 is 0 Å². The summed E-state index contributed by atoms with van der Waals surface area (Å²) in [5.41, 5.74) is 12.4. The standard InChI is InChI=1S/C50H33N5/c1-5-15-34(16-6-1)38-24-27-45-41(31-38)42-32-39(35-17-7-2-8-18-35)25-28-46(42)55(45)47-29-26-40(44-23-13-14-30-51-44)33-43(47)50-53-48(36-19-9-3-10-20-36)52-49(54-50)37-21-11-4-12-22-37/h1-33H. The minimum atomic E-state index is 0.581. The Balaban J connectivity index is 1.27. The van der Waals surface area contributed by atoms with E-state index in [4.69, 9.17) is 19.9 Å². The molecule has 258 valence electrons. The number of nitrogens with zero attached hydrogens (tertiary/aromatic N) is 5. The molecule has 55 heavy (non-hydrogen) atoms. The van der Waals surface area contributed by atoms with Crippen LogP contribution in [0.2, 0.25) is 0 Å². The molecule has 0 unspecified atom stereocenters. The van der Waals surface area contributed by atoms with Gasteiger partial charge < -0.3 is 4.57 Å². The van der Waals surface area contributed by atoms with Gasteiger partial charge >= 0.3 is 0 Å². The summed E-state index contributed by atoms with van der Waals surface area (Å²) in [6.07, 6.45) is 1.83. The van der Waals surface area contributed by atoms with Gasteiger partial charge in [0.25, 0.3) is 0 Å². The van der Waals surface area contributed by atoms with Gasteiger partial charge in [-0.15, -0.1) is 0 Å². The van der Waals surface area contributed by atoms with E-state index in [1.807, 2.05) is 85.1 Å². The first-order valence-corrected chi connectivity index (χ1v) is 18.4. The molecule has 10 aromatic rings. The van der Waals surface area contributed by atoms with Crippen molar-refractivity contribution in [2.75, 3.05) is 0 Å². The van der Waals surface area contributed by atoms with Crippen LogP contribution in [0, 0.1) is 0 Å². The Hall–Kier alpha value is -7.50. The van der Waals surface area contributed by atoms with Crippen LogP contribution >= 0.6 is 0 Å². The minimum Gasteiger partial charge on any atom is -0.308 e. The van der Waals surface area contributed by atoms with Gasteiger partial charge in [-0.3, -0.25) is 4.98 Å². The van der Waals surface area contributed by atoms with Crippen molar-refractivity contribution in [3.05, 3.63) is 200 Å². The van der Waals surface area contributed by atoms with E-state index in [0.717, 1.165) is 44.7 Å². The number of aromatic nitrogens is 5. The monoisotopic (exact) mass is 703 g/mol. The highest BCUT2D eigenvalue weighted by Gasteiger charge is 2.21. The zero-order valence-corrected chi connectivity index (χ0v) is 29.8. The average molecular weight is 704 g/mol. The molecule has 0 atom stereocenters. The van der Waals surface area contributed by atoms with Crippen LogP contribution < -0.4 is 0 Å². The third-order valence-corrected chi connectivity index (χ3v) is 10.1. The highest BCUT2D eigenvalue weighted by molar-refractivity contribution is 6.12. The minimum absolute atomic E-state index is 0.581. The van der Waals surface area contributed by atoms with Crippen LogP contribution in [0.5, 0.6) is 0 Å². The van der Waals surface area contributed by atoms with E-state index >= 15 is 0 Å². The number of hydrogen-bond donors (Lipinski definition) is 0. The highest BCUT2D eigenvalue weighted by atomic mass is 15.1. The average Bonchev–Trinajstić information content (AvgIpc) is 3.60. The quantitative estimate of drug-likeness (QED) is 0.166. The zero-order valence-electron chi connectivity index (χ0n) is 29.8. The maximum Gasteiger partial charge on any atom is 0.166 e. The topological polar surface area (TPSA) is 56.5 Å². The van der Waals surface area contributed by atoms with Crippen molar-refractivity contribution in [1.82, 2.24) is 24.5 Å². The third kappa shape index (κ3) is 6.04. The third-order valence-electron chi connectivity index (χ3n) is 10.1. The predicted octanol–water partition coefficient (Wildman–Crippen LogP) is 12.4. The van der Waals surface area contributed by atoms with Gasteiger partial charge in [-0.25, -0.2) is 15.0 Å². The number of hydrogen-bond acceptors (Lipinski definition) is 4. The highest BCUT2D eigenvalue weighted by Crippen LogP contribution is 2.40. The van der Waals surface area contributed by atoms with Crippen molar-refractivity contribution in [3.8, 4) is 73.4 Å². The van der Waals surface area contributed by atoms with Gasteiger partial charge in [0.2, 0.25) is 0 Å². The largest absolute Gasteiger partial charge is 0.308 e. The number of fused-ring (bicyclic) bond motifs is 3. The van der Waals surface area contributed by atoms with Crippen molar-refractivity contribution in [3.63, 3.8) is 0 Å². The lowest BCUT2D eigenvalue weighted by Gasteiger charge is -2.16. The summed E-state index contributed by atoms with van der Waals surface area (Å²) in [5, 5.41) is 2.33. The first-order chi connectivity index (χ1) is 27.3. The molecular formula is C50H33N5. The summed E-state index contributed by atoms with van der Waals surface area (Å²) >= 11 is 0. The van der Waals surface area contributed by atoms with E-state index in [2.05, 4.69) is 120 Å². The molecule has 0 radical (unpaired) electrons. The molecule has 0 amide bonds. The van der Waals surface area contributed by atoms with Gasteiger partial charge in [0.05, 0.1) is 22.4 Å². The number of benzene rings is 7. The molecular weight excluding hydrogens is 671 g/mol. The first kappa shape index (κ1) is 32.2. The molecule has 3 aromatic heterocycles. The Labute approximate surface area is 318 Å². The van der Waals surface area contributed by atoms with E-state index in [0.29, 0.717) is 17.5 Å². The molecule has 0 N–H and O–H groups in total. The molecule has 0 aliphatic heterocycles. The summed E-state index contributed by atoms with van der Waals surface area (Å²) in [7, 11) is 0. The molecule has 5 nitrogen and oxygen atoms in total. The van der Waals surface area contributed by atoms with Crippen LogP contribution in [0.15, 0.2) is 200 Å². The second kappa shape index (κ2) is 13.8. The fraction of sp³-hybridized carbons (Fsp3) is 0. The Morgan fingerprint density at radius 2 is 0.782 bits per heavy atom. The fourth-order valence-corrected chi connectivity index (χ4v) is 7.44. The maximum atomic E-state index is 5.22. The summed E-state index contributed by atoms with van der Waals surface area (Å²) in [6.45, 7) is 0. The summed E-state index contributed by atoms with van der Waals surface area (Å²) in [4.78, 5) is 20.2. The summed E-state index contributed by atoms with van der Waals surface area (Å²) < 4.78 is 2.36. The van der Waals surface area contributed by atoms with Crippen molar-refractivity contribution < 1.29 is 0 Å². The Bertz CT molecular complexity index is 2790. The van der Waals surface area contributed by atoms with Crippen LogP contribution in [-0.4, -0.2) is 24.5 Å². The Morgan fingerprint density at radius 3 is 1.27 bits per heavy atom. The smallest absolute Gasteiger partial charge is 0.166 e. The SMILES string of the molecule is c1ccc(-c2ccc3c(c2)c2cc(-c4ccccc4)ccc2n3-c2ccc(-c3ccccn3)cc2-c2nc(-c3ccccc3)nc(-c3ccccc3)n2)cc1. The van der Waals surface area contributed by atoms with Gasteiger partial charge in [-0.2, -0.15) is 0 Å². The molecule has 0 saturated heterocycles. The molecule has 0 saturated carbocycles. The molecule has 5 heteroatoms. The van der Waals surface area contributed by atoms with Crippen molar-refractivity contribution in [2.45, 2.75) is 0 Å². The van der Waals surface area contributed by atoms with Gasteiger partial charge in [0.15, 0.2) is 17.5 Å². The first-order valence-electron chi connectivity index (χ1n) is 18.4. The lowest BCUT2D eigenvalue weighted by Crippen LogP contribution is -2.04. The normalized spacial score (nSPS) is 11.3. The fourth-order valence-electron chi connectivity index (χ4n) is 7.44. The van der Waals surface area contributed by atoms with Crippen LogP contribution in [-0.2, 0) is 0 Å². The van der Waals surface area contributed by atoms with Gasteiger partial charge in [0.1, 0.15) is 0 Å². The number of pyridine rings is 1. The maximum absolute atomic E-state index is 5.22. The molecule has 0 aliphatic carbocycles. The van der Waals surface area contributed by atoms with Crippen LogP contribution in [0.4, 0.5) is 0 Å². The Morgan fingerprint density at radius 1 is 0.327 bits per heavy atom. The zero-order chi connectivity index (χ0) is 36.6. The molecule has 0 fully saturated rings. The van der Waals surface area contributed by atoms with Crippen LogP contribution in [0.3, 0.4) is 0 Å². The predicted molar refractivity (Wildman–Crippen MR) is 225 cm³/mol. The molecule has 0 spiro atoms. The van der Waals surface area contributed by atoms with Crippen molar-refractivity contribution in [2.24, 2.45) is 0 Å². The number of rotatable bonds is 7. The van der Waals surface area contributed by atoms with Gasteiger partial charge in [0, 0.05) is 39.2 Å². The van der Waals surface area contributed by atoms with Crippen LogP contribution in [0.25, 0.3) is 95.2 Å². The van der Waals surface area contributed by atoms with Crippen LogP contribution in [0.1, 0.15) is 0 Å². The molecule has 0 aliphatic rings. The lowest BCUT2D eigenvalue weighted by molar-refractivity contribution is 1.06. The van der Waals surface area contributed by atoms with E-state index in [1.54, 1.807) is 0 Å².